The molecule has 0 aromatic heterocycles. The fraction of sp³-hybridized carbons (Fsp3) is 0.481. The summed E-state index contributed by atoms with van der Waals surface area (Å²) >= 11 is 0. The Labute approximate surface area is 198 Å². The van der Waals surface area contributed by atoms with Crippen molar-refractivity contribution in [3.05, 3.63) is 47.5 Å². The summed E-state index contributed by atoms with van der Waals surface area (Å²) in [5.41, 5.74) is 3.27. The van der Waals surface area contributed by atoms with E-state index in [-0.39, 0.29) is 0 Å². The zero-order chi connectivity index (χ0) is 24.1. The van der Waals surface area contributed by atoms with Gasteiger partial charge in [0, 0.05) is 49.7 Å². The fourth-order valence-electron chi connectivity index (χ4n) is 3.81. The van der Waals surface area contributed by atoms with E-state index >= 15 is 0 Å². The predicted octanol–water partition coefficient (Wildman–Crippen LogP) is 5.63. The Morgan fingerprint density at radius 3 is 1.36 bits per heavy atom. The molecule has 0 fully saturated rings. The first-order valence-electron chi connectivity index (χ1n) is 12.1. The highest BCUT2D eigenvalue weighted by molar-refractivity contribution is 5.81. The van der Waals surface area contributed by atoms with E-state index in [1.54, 1.807) is 0 Å². The van der Waals surface area contributed by atoms with Crippen LogP contribution in [0.1, 0.15) is 67.7 Å². The molecule has 0 saturated heterocycles. The third-order valence-corrected chi connectivity index (χ3v) is 5.81. The second kappa shape index (κ2) is 14.2. The van der Waals surface area contributed by atoms with Crippen LogP contribution in [0.5, 0.6) is 11.5 Å². The van der Waals surface area contributed by atoms with Gasteiger partial charge >= 0.3 is 0 Å². The quantitative estimate of drug-likeness (QED) is 0.242. The van der Waals surface area contributed by atoms with Crippen LogP contribution in [-0.2, 0) is 0 Å². The minimum atomic E-state index is 0.541. The Balaban J connectivity index is 1.83. The molecule has 0 aliphatic heterocycles. The van der Waals surface area contributed by atoms with Crippen molar-refractivity contribution in [2.75, 3.05) is 49.2 Å². The van der Waals surface area contributed by atoms with Gasteiger partial charge in [-0.15, -0.1) is 0 Å². The Bertz CT molecular complexity index is 805. The standard InChI is InChI=1S/C27H38N2O4/c1-5-28(6-2)24-14-12-22(20-30)26(18-24)32-16-10-9-11-17-33-27-19-25(29(7-3)8-4)15-13-23(27)21-31/h12-15,18-21H,5-11,16-17H2,1-4H3. The third kappa shape index (κ3) is 7.52. The Morgan fingerprint density at radius 2 is 1.03 bits per heavy atom. The van der Waals surface area contributed by atoms with Gasteiger partial charge in [0.1, 0.15) is 11.5 Å². The number of carbonyl (C=O) groups is 2. The highest BCUT2D eigenvalue weighted by Crippen LogP contribution is 2.26. The molecule has 0 heterocycles. The topological polar surface area (TPSA) is 59.1 Å². The highest BCUT2D eigenvalue weighted by atomic mass is 16.5. The maximum absolute atomic E-state index is 11.4. The van der Waals surface area contributed by atoms with Crippen molar-refractivity contribution in [2.45, 2.75) is 47.0 Å². The minimum absolute atomic E-state index is 0.541. The lowest BCUT2D eigenvalue weighted by molar-refractivity contribution is 0.111. The summed E-state index contributed by atoms with van der Waals surface area (Å²) in [6.45, 7) is 13.1. The SMILES string of the molecule is CCN(CC)c1ccc(C=O)c(OCCCCCOc2cc(N(CC)CC)ccc2C=O)c1. The molecule has 2 rings (SSSR count). The maximum Gasteiger partial charge on any atom is 0.153 e. The molecule has 0 saturated carbocycles. The number of nitrogens with zero attached hydrogens (tertiary/aromatic N) is 2. The molecule has 33 heavy (non-hydrogen) atoms. The second-order valence-electron chi connectivity index (χ2n) is 7.78. The van der Waals surface area contributed by atoms with Crippen molar-refractivity contribution in [1.29, 1.82) is 0 Å². The normalized spacial score (nSPS) is 10.5. The Hall–Kier alpha value is -3.02. The van der Waals surface area contributed by atoms with Gasteiger partial charge in [0.2, 0.25) is 0 Å². The molecule has 6 nitrogen and oxygen atoms in total. The van der Waals surface area contributed by atoms with E-state index in [0.29, 0.717) is 35.8 Å². The summed E-state index contributed by atoms with van der Waals surface area (Å²) in [6.07, 6.45) is 4.32. The lowest BCUT2D eigenvalue weighted by Gasteiger charge is -2.22. The third-order valence-electron chi connectivity index (χ3n) is 5.81. The van der Waals surface area contributed by atoms with Gasteiger partial charge in [-0.1, -0.05) is 0 Å². The molecule has 0 spiro atoms. The molecular formula is C27H38N2O4. The first kappa shape index (κ1) is 26.2. The maximum atomic E-state index is 11.4. The summed E-state index contributed by atoms with van der Waals surface area (Å²) < 4.78 is 11.9. The summed E-state index contributed by atoms with van der Waals surface area (Å²) in [5, 5.41) is 0. The number of carbonyl (C=O) groups excluding carboxylic acids is 2. The van der Waals surface area contributed by atoms with Gasteiger partial charge in [-0.25, -0.2) is 0 Å². The summed E-state index contributed by atoms with van der Waals surface area (Å²) in [4.78, 5) is 27.2. The zero-order valence-electron chi connectivity index (χ0n) is 20.5. The molecule has 0 N–H and O–H groups in total. The van der Waals surface area contributed by atoms with Crippen LogP contribution in [0.15, 0.2) is 36.4 Å². The van der Waals surface area contributed by atoms with Crippen molar-refractivity contribution < 1.29 is 19.1 Å². The van der Waals surface area contributed by atoms with Gasteiger partial charge in [0.05, 0.1) is 24.3 Å². The van der Waals surface area contributed by atoms with Crippen LogP contribution in [0.4, 0.5) is 11.4 Å². The smallest absolute Gasteiger partial charge is 0.153 e. The summed E-state index contributed by atoms with van der Waals surface area (Å²) in [5.74, 6) is 1.27. The van der Waals surface area contributed by atoms with Crippen LogP contribution >= 0.6 is 0 Å². The molecule has 6 heteroatoms. The van der Waals surface area contributed by atoms with Crippen molar-refractivity contribution in [2.24, 2.45) is 0 Å². The van der Waals surface area contributed by atoms with Crippen LogP contribution in [0, 0.1) is 0 Å². The molecule has 2 aromatic rings. The molecule has 0 amide bonds. The number of aldehydes is 2. The van der Waals surface area contributed by atoms with E-state index in [9.17, 15) is 9.59 Å². The van der Waals surface area contributed by atoms with Gasteiger partial charge < -0.3 is 19.3 Å². The molecule has 180 valence electrons. The molecule has 0 aliphatic carbocycles. The van der Waals surface area contributed by atoms with Crippen LogP contribution in [0.25, 0.3) is 0 Å². The first-order chi connectivity index (χ1) is 16.1. The van der Waals surface area contributed by atoms with Gasteiger partial charge in [-0.3, -0.25) is 9.59 Å². The molecule has 0 unspecified atom stereocenters. The van der Waals surface area contributed by atoms with E-state index in [1.165, 1.54) is 0 Å². The first-order valence-corrected chi connectivity index (χ1v) is 12.1. The predicted molar refractivity (Wildman–Crippen MR) is 136 cm³/mol. The summed E-state index contributed by atoms with van der Waals surface area (Å²) in [7, 11) is 0. The van der Waals surface area contributed by atoms with Crippen LogP contribution in [-0.4, -0.2) is 52.0 Å². The monoisotopic (exact) mass is 454 g/mol. The molecule has 2 aromatic carbocycles. The molecule has 0 atom stereocenters. The van der Waals surface area contributed by atoms with Crippen molar-refractivity contribution in [1.82, 2.24) is 0 Å². The van der Waals surface area contributed by atoms with E-state index in [1.807, 2.05) is 36.4 Å². The number of benzene rings is 2. The molecule has 0 bridgehead atoms. The van der Waals surface area contributed by atoms with Crippen LogP contribution in [0.2, 0.25) is 0 Å². The lowest BCUT2D eigenvalue weighted by atomic mass is 10.1. The lowest BCUT2D eigenvalue weighted by Crippen LogP contribution is -2.21. The van der Waals surface area contributed by atoms with Gasteiger partial charge in [0.25, 0.3) is 0 Å². The van der Waals surface area contributed by atoms with Crippen molar-refractivity contribution >= 4 is 23.9 Å². The van der Waals surface area contributed by atoms with Crippen LogP contribution < -0.4 is 19.3 Å². The Morgan fingerprint density at radius 1 is 0.636 bits per heavy atom. The number of hydrogen-bond acceptors (Lipinski definition) is 6. The average Bonchev–Trinajstić information content (AvgIpc) is 2.85. The highest BCUT2D eigenvalue weighted by Gasteiger charge is 2.10. The molecule has 0 radical (unpaired) electrons. The Kier molecular flexibility index (Phi) is 11.3. The van der Waals surface area contributed by atoms with Gasteiger partial charge in [-0.05, 0) is 71.2 Å². The number of anilines is 2. The van der Waals surface area contributed by atoms with E-state index < -0.39 is 0 Å². The second-order valence-corrected chi connectivity index (χ2v) is 7.78. The molecule has 0 aliphatic rings. The van der Waals surface area contributed by atoms with E-state index in [2.05, 4.69) is 37.5 Å². The van der Waals surface area contributed by atoms with Gasteiger partial charge in [-0.2, -0.15) is 0 Å². The number of hydrogen-bond donors (Lipinski definition) is 0. The van der Waals surface area contributed by atoms with E-state index in [4.69, 9.17) is 9.47 Å². The summed E-state index contributed by atoms with van der Waals surface area (Å²) in [6, 6.07) is 11.5. The van der Waals surface area contributed by atoms with E-state index in [0.717, 1.165) is 69.4 Å². The largest absolute Gasteiger partial charge is 0.493 e. The van der Waals surface area contributed by atoms with Gasteiger partial charge in [0.15, 0.2) is 12.6 Å². The van der Waals surface area contributed by atoms with Crippen LogP contribution in [0.3, 0.4) is 0 Å². The number of unbranched alkanes of at least 4 members (excludes halogenated alkanes) is 2. The zero-order valence-corrected chi connectivity index (χ0v) is 20.5. The molecular weight excluding hydrogens is 416 g/mol. The average molecular weight is 455 g/mol. The minimum Gasteiger partial charge on any atom is -0.493 e. The number of rotatable bonds is 16. The van der Waals surface area contributed by atoms with Crippen molar-refractivity contribution in [3.8, 4) is 11.5 Å². The number of ether oxygens (including phenoxy) is 2. The fourth-order valence-corrected chi connectivity index (χ4v) is 3.81. The van der Waals surface area contributed by atoms with Crippen molar-refractivity contribution in [3.63, 3.8) is 0 Å².